The van der Waals surface area contributed by atoms with Crippen LogP contribution in [0, 0.1) is 6.92 Å². The number of hydrogen-bond donors (Lipinski definition) is 2. The number of hydrogen-bond acceptors (Lipinski definition) is 3. The first-order valence-electron chi connectivity index (χ1n) is 7.12. The second-order valence-corrected chi connectivity index (χ2v) is 5.58. The number of thiocarbonyl (C=S) groups is 1. The molecular formula is C17H16N4OS. The molecule has 0 unspecified atom stereocenters. The van der Waals surface area contributed by atoms with E-state index in [0.29, 0.717) is 5.69 Å². The van der Waals surface area contributed by atoms with E-state index in [2.05, 4.69) is 15.5 Å². The van der Waals surface area contributed by atoms with Crippen LogP contribution in [0.5, 0.6) is 5.88 Å². The molecule has 6 heteroatoms. The lowest BCUT2D eigenvalue weighted by Gasteiger charge is -2.05. The zero-order valence-corrected chi connectivity index (χ0v) is 13.6. The smallest absolute Gasteiger partial charge is 0.220 e. The molecule has 23 heavy (non-hydrogen) atoms. The van der Waals surface area contributed by atoms with Gasteiger partial charge < -0.3 is 15.0 Å². The van der Waals surface area contributed by atoms with E-state index in [-0.39, 0.29) is 11.0 Å². The van der Waals surface area contributed by atoms with Crippen molar-refractivity contribution >= 4 is 39.6 Å². The summed E-state index contributed by atoms with van der Waals surface area (Å²) in [5.74, 6) is 0.0636. The molecule has 5 nitrogen and oxygen atoms in total. The van der Waals surface area contributed by atoms with E-state index in [1.165, 1.54) is 0 Å². The van der Waals surface area contributed by atoms with E-state index in [9.17, 15) is 5.11 Å². The number of rotatable bonds is 2. The van der Waals surface area contributed by atoms with Gasteiger partial charge in [-0.15, -0.1) is 10.2 Å². The van der Waals surface area contributed by atoms with Gasteiger partial charge in [-0.05, 0) is 36.8 Å². The first-order valence-corrected chi connectivity index (χ1v) is 7.53. The number of aromatic nitrogens is 1. The molecule has 3 rings (SSSR count). The van der Waals surface area contributed by atoms with Crippen molar-refractivity contribution < 1.29 is 5.11 Å². The predicted molar refractivity (Wildman–Crippen MR) is 96.5 cm³/mol. The van der Waals surface area contributed by atoms with E-state index < -0.39 is 0 Å². The van der Waals surface area contributed by atoms with Gasteiger partial charge in [-0.25, -0.2) is 0 Å². The van der Waals surface area contributed by atoms with E-state index in [1.54, 1.807) is 11.6 Å². The topological polar surface area (TPSA) is 61.9 Å². The van der Waals surface area contributed by atoms with Crippen molar-refractivity contribution in [2.24, 2.45) is 17.3 Å². The lowest BCUT2D eigenvalue weighted by atomic mass is 10.2. The Morgan fingerprint density at radius 3 is 2.61 bits per heavy atom. The Hall–Kier alpha value is -2.73. The van der Waals surface area contributed by atoms with Crippen LogP contribution in [-0.4, -0.2) is 14.8 Å². The molecule has 0 amide bonds. The minimum atomic E-state index is 0.0636. The van der Waals surface area contributed by atoms with Crippen LogP contribution < -0.4 is 5.32 Å². The first kappa shape index (κ1) is 15.2. The molecule has 0 aliphatic heterocycles. The number of para-hydroxylation sites is 2. The molecule has 3 aromatic rings. The van der Waals surface area contributed by atoms with Crippen LogP contribution in [0.2, 0.25) is 0 Å². The summed E-state index contributed by atoms with van der Waals surface area (Å²) in [7, 11) is 1.78. The standard InChI is InChI=1S/C17H16N4OS/c1-11-7-3-5-9-13(11)18-17(23)20-19-15-12-8-4-6-10-14(12)21(2)16(15)22/h3-10,22H,1-2H3,(H,18,23). The summed E-state index contributed by atoms with van der Waals surface area (Å²) in [6.07, 6.45) is 0. The zero-order chi connectivity index (χ0) is 16.4. The molecule has 2 N–H and O–H groups in total. The molecular weight excluding hydrogens is 308 g/mol. The van der Waals surface area contributed by atoms with Crippen molar-refractivity contribution in [3.63, 3.8) is 0 Å². The molecule has 0 spiro atoms. The molecule has 0 saturated heterocycles. The quantitative estimate of drug-likeness (QED) is 0.532. The number of fused-ring (bicyclic) bond motifs is 1. The molecule has 0 aliphatic rings. The molecule has 1 aromatic heterocycles. The van der Waals surface area contributed by atoms with Gasteiger partial charge in [0, 0.05) is 18.1 Å². The van der Waals surface area contributed by atoms with Gasteiger partial charge in [-0.1, -0.05) is 36.4 Å². The fourth-order valence-electron chi connectivity index (χ4n) is 2.41. The number of benzene rings is 2. The van der Waals surface area contributed by atoms with E-state index in [4.69, 9.17) is 12.2 Å². The third-order valence-electron chi connectivity index (χ3n) is 3.68. The Morgan fingerprint density at radius 2 is 1.83 bits per heavy atom. The van der Waals surface area contributed by atoms with Crippen LogP contribution in [0.3, 0.4) is 0 Å². The van der Waals surface area contributed by atoms with Gasteiger partial charge in [0.2, 0.25) is 11.0 Å². The van der Waals surface area contributed by atoms with Gasteiger partial charge in [0.05, 0.1) is 5.52 Å². The van der Waals surface area contributed by atoms with Gasteiger partial charge >= 0.3 is 0 Å². The van der Waals surface area contributed by atoms with Crippen LogP contribution in [0.15, 0.2) is 58.8 Å². The Morgan fingerprint density at radius 1 is 1.13 bits per heavy atom. The monoisotopic (exact) mass is 324 g/mol. The van der Waals surface area contributed by atoms with Gasteiger partial charge in [0.25, 0.3) is 0 Å². The van der Waals surface area contributed by atoms with Crippen molar-refractivity contribution in [3.8, 4) is 5.88 Å². The fourth-order valence-corrected chi connectivity index (χ4v) is 2.56. The van der Waals surface area contributed by atoms with E-state index >= 15 is 0 Å². The lowest BCUT2D eigenvalue weighted by molar-refractivity contribution is 0.436. The number of nitrogens with one attached hydrogen (secondary N) is 1. The van der Waals surface area contributed by atoms with Gasteiger partial charge in [-0.3, -0.25) is 0 Å². The molecule has 0 saturated carbocycles. The normalized spacial score (nSPS) is 11.2. The average Bonchev–Trinajstić information content (AvgIpc) is 2.80. The highest BCUT2D eigenvalue weighted by molar-refractivity contribution is 7.80. The largest absolute Gasteiger partial charge is 0.493 e. The van der Waals surface area contributed by atoms with Gasteiger partial charge in [0.1, 0.15) is 0 Å². The second-order valence-electron chi connectivity index (χ2n) is 5.19. The van der Waals surface area contributed by atoms with Crippen molar-refractivity contribution in [3.05, 3.63) is 54.1 Å². The van der Waals surface area contributed by atoms with Crippen LogP contribution in [-0.2, 0) is 7.05 Å². The van der Waals surface area contributed by atoms with Crippen molar-refractivity contribution in [2.75, 3.05) is 5.32 Å². The summed E-state index contributed by atoms with van der Waals surface area (Å²) in [6.45, 7) is 1.98. The summed E-state index contributed by atoms with van der Waals surface area (Å²) in [5, 5.41) is 22.5. The maximum atomic E-state index is 10.2. The Kier molecular flexibility index (Phi) is 4.08. The number of azo groups is 1. The molecule has 0 radical (unpaired) electrons. The van der Waals surface area contributed by atoms with Gasteiger partial charge in [0.15, 0.2) is 5.69 Å². The van der Waals surface area contributed by atoms with Crippen LogP contribution >= 0.6 is 12.2 Å². The SMILES string of the molecule is Cc1ccccc1NC(=S)N=Nc1c(O)n(C)c2ccccc12. The highest BCUT2D eigenvalue weighted by Gasteiger charge is 2.13. The molecule has 0 aliphatic carbocycles. The fraction of sp³-hybridized carbons (Fsp3) is 0.118. The third-order valence-corrected chi connectivity index (χ3v) is 3.86. The Bertz CT molecular complexity index is 914. The highest BCUT2D eigenvalue weighted by Crippen LogP contribution is 2.37. The van der Waals surface area contributed by atoms with Crippen molar-refractivity contribution in [2.45, 2.75) is 6.92 Å². The summed E-state index contributed by atoms with van der Waals surface area (Å²) in [4.78, 5) is 0. The minimum absolute atomic E-state index is 0.0636. The lowest BCUT2D eigenvalue weighted by Crippen LogP contribution is -2.06. The predicted octanol–water partition coefficient (Wildman–Crippen LogP) is 4.67. The molecule has 0 atom stereocenters. The molecule has 116 valence electrons. The number of aryl methyl sites for hydroxylation is 2. The summed E-state index contributed by atoms with van der Waals surface area (Å²) >= 11 is 5.21. The van der Waals surface area contributed by atoms with E-state index in [0.717, 1.165) is 22.2 Å². The maximum absolute atomic E-state index is 10.2. The number of aromatic hydroxyl groups is 1. The number of anilines is 1. The summed E-state index contributed by atoms with van der Waals surface area (Å²) in [6, 6.07) is 15.4. The Labute approximate surface area is 139 Å². The summed E-state index contributed by atoms with van der Waals surface area (Å²) < 4.78 is 1.67. The number of nitrogens with zero attached hydrogens (tertiary/aromatic N) is 3. The van der Waals surface area contributed by atoms with Crippen LogP contribution in [0.4, 0.5) is 11.4 Å². The van der Waals surface area contributed by atoms with Crippen LogP contribution in [0.25, 0.3) is 10.9 Å². The van der Waals surface area contributed by atoms with Gasteiger partial charge in [-0.2, -0.15) is 0 Å². The first-order chi connectivity index (χ1) is 11.1. The average molecular weight is 324 g/mol. The van der Waals surface area contributed by atoms with Crippen molar-refractivity contribution in [1.82, 2.24) is 4.57 Å². The van der Waals surface area contributed by atoms with Crippen LogP contribution in [0.1, 0.15) is 5.56 Å². The molecule has 1 heterocycles. The minimum Gasteiger partial charge on any atom is -0.493 e. The van der Waals surface area contributed by atoms with E-state index in [1.807, 2.05) is 55.5 Å². The molecule has 0 bridgehead atoms. The molecule has 0 fully saturated rings. The highest BCUT2D eigenvalue weighted by atomic mass is 32.1. The second kappa shape index (κ2) is 6.18. The third kappa shape index (κ3) is 2.93. The van der Waals surface area contributed by atoms with Crippen molar-refractivity contribution in [1.29, 1.82) is 0 Å². The maximum Gasteiger partial charge on any atom is 0.220 e. The Balaban J connectivity index is 1.87. The molecule has 2 aromatic carbocycles. The zero-order valence-electron chi connectivity index (χ0n) is 12.8. The summed E-state index contributed by atoms with van der Waals surface area (Å²) in [5.41, 5.74) is 3.26.